The van der Waals surface area contributed by atoms with E-state index in [0.29, 0.717) is 11.3 Å². The number of fused-ring (bicyclic) bond motifs is 3. The molecule has 1 unspecified atom stereocenters. The summed E-state index contributed by atoms with van der Waals surface area (Å²) in [5.74, 6) is 0. The van der Waals surface area contributed by atoms with Gasteiger partial charge < -0.3 is 0 Å². The average Bonchev–Trinajstić information content (AvgIpc) is 2.67. The van der Waals surface area contributed by atoms with Gasteiger partial charge in [0.25, 0.3) is 10.0 Å². The van der Waals surface area contributed by atoms with Crippen LogP contribution < -0.4 is 4.31 Å². The van der Waals surface area contributed by atoms with E-state index in [2.05, 4.69) is 6.07 Å². The van der Waals surface area contributed by atoms with E-state index in [0.717, 1.165) is 11.1 Å². The van der Waals surface area contributed by atoms with Crippen molar-refractivity contribution in [2.45, 2.75) is 10.9 Å². The van der Waals surface area contributed by atoms with Crippen LogP contribution in [0, 0.1) is 11.3 Å². The fourth-order valence-corrected chi connectivity index (χ4v) is 4.82. The van der Waals surface area contributed by atoms with Gasteiger partial charge in [-0.25, -0.2) is 12.7 Å². The van der Waals surface area contributed by atoms with Crippen molar-refractivity contribution in [1.82, 2.24) is 0 Å². The van der Waals surface area contributed by atoms with Crippen molar-refractivity contribution >= 4 is 15.7 Å². The van der Waals surface area contributed by atoms with E-state index in [1.807, 2.05) is 36.4 Å². The monoisotopic (exact) mass is 346 g/mol. The van der Waals surface area contributed by atoms with Crippen molar-refractivity contribution < 1.29 is 8.42 Å². The lowest BCUT2D eigenvalue weighted by molar-refractivity contribution is 0.587. The summed E-state index contributed by atoms with van der Waals surface area (Å²) in [7, 11) is -3.87. The Kier molecular flexibility index (Phi) is 3.56. The summed E-state index contributed by atoms with van der Waals surface area (Å²) in [6, 6.07) is 24.2. The number of nitrogens with zero attached hydrogens (tertiary/aromatic N) is 2. The van der Waals surface area contributed by atoms with Crippen LogP contribution in [0.4, 0.5) is 5.69 Å². The summed E-state index contributed by atoms with van der Waals surface area (Å²) in [6.45, 7) is 0. The van der Waals surface area contributed by atoms with Gasteiger partial charge in [-0.1, -0.05) is 60.7 Å². The molecule has 0 amide bonds. The van der Waals surface area contributed by atoms with E-state index in [1.54, 1.807) is 42.5 Å². The third-order valence-corrected chi connectivity index (χ3v) is 6.14. The second-order valence-corrected chi connectivity index (χ2v) is 7.56. The number of anilines is 1. The first-order chi connectivity index (χ1) is 12.1. The van der Waals surface area contributed by atoms with Crippen LogP contribution in [0.2, 0.25) is 0 Å². The van der Waals surface area contributed by atoms with Crippen molar-refractivity contribution in [3.8, 4) is 17.2 Å². The van der Waals surface area contributed by atoms with Crippen LogP contribution in [-0.2, 0) is 10.0 Å². The van der Waals surface area contributed by atoms with Crippen LogP contribution in [0.25, 0.3) is 11.1 Å². The number of sulfonamides is 1. The van der Waals surface area contributed by atoms with Gasteiger partial charge in [-0.3, -0.25) is 0 Å². The molecule has 1 atom stereocenters. The van der Waals surface area contributed by atoms with E-state index in [4.69, 9.17) is 0 Å². The van der Waals surface area contributed by atoms with E-state index in [1.165, 1.54) is 4.31 Å². The second-order valence-electron chi connectivity index (χ2n) is 5.75. The average molecular weight is 346 g/mol. The third-order valence-electron chi connectivity index (χ3n) is 4.34. The molecule has 0 saturated carbocycles. The Morgan fingerprint density at radius 1 is 0.800 bits per heavy atom. The minimum atomic E-state index is -3.87. The Labute approximate surface area is 146 Å². The molecule has 1 aliphatic heterocycles. The predicted molar refractivity (Wildman–Crippen MR) is 96.3 cm³/mol. The molecule has 0 fully saturated rings. The molecule has 0 saturated heterocycles. The smallest absolute Gasteiger partial charge is 0.244 e. The molecule has 4 rings (SSSR count). The number of para-hydroxylation sites is 1. The first kappa shape index (κ1) is 15.4. The maximum absolute atomic E-state index is 13.3. The number of rotatable bonds is 2. The fraction of sp³-hybridized carbons (Fsp3) is 0.0500. The second kappa shape index (κ2) is 5.76. The zero-order valence-corrected chi connectivity index (χ0v) is 14.0. The first-order valence-electron chi connectivity index (χ1n) is 7.82. The molecule has 25 heavy (non-hydrogen) atoms. The predicted octanol–water partition coefficient (Wildman–Crippen LogP) is 4.13. The Morgan fingerprint density at radius 2 is 1.40 bits per heavy atom. The molecule has 0 aliphatic carbocycles. The van der Waals surface area contributed by atoms with Crippen molar-refractivity contribution in [3.05, 3.63) is 84.4 Å². The van der Waals surface area contributed by atoms with Crippen molar-refractivity contribution in [2.75, 3.05) is 4.31 Å². The Hall–Kier alpha value is -3.10. The molecule has 4 nitrogen and oxygen atoms in total. The van der Waals surface area contributed by atoms with E-state index < -0.39 is 16.1 Å². The maximum atomic E-state index is 13.3. The van der Waals surface area contributed by atoms with E-state index in [-0.39, 0.29) is 4.90 Å². The zero-order chi connectivity index (χ0) is 17.4. The highest BCUT2D eigenvalue weighted by Gasteiger charge is 2.38. The van der Waals surface area contributed by atoms with Crippen LogP contribution in [0.1, 0.15) is 11.6 Å². The molecule has 5 heteroatoms. The first-order valence-corrected chi connectivity index (χ1v) is 9.26. The zero-order valence-electron chi connectivity index (χ0n) is 13.2. The number of hydrogen-bond donors (Lipinski definition) is 0. The number of hydrogen-bond acceptors (Lipinski definition) is 3. The highest BCUT2D eigenvalue weighted by Crippen LogP contribution is 2.46. The summed E-state index contributed by atoms with van der Waals surface area (Å²) in [6.07, 6.45) is 0. The summed E-state index contributed by atoms with van der Waals surface area (Å²) in [5.41, 5.74) is 2.92. The Balaban J connectivity index is 2.02. The maximum Gasteiger partial charge on any atom is 0.265 e. The molecule has 0 aromatic heterocycles. The van der Waals surface area contributed by atoms with Crippen molar-refractivity contribution in [1.29, 1.82) is 5.26 Å². The Morgan fingerprint density at radius 3 is 2.12 bits per heavy atom. The van der Waals surface area contributed by atoms with Crippen LogP contribution in [0.15, 0.2) is 83.8 Å². The van der Waals surface area contributed by atoms with Crippen LogP contribution in [0.3, 0.4) is 0 Å². The van der Waals surface area contributed by atoms with Crippen molar-refractivity contribution in [3.63, 3.8) is 0 Å². The standard InChI is InChI=1S/C20H14N2O2S/c21-14-20-18-12-5-4-10-16(18)17-11-6-7-13-19(17)22(20)25(23,24)15-8-2-1-3-9-15/h1-13,20H. The highest BCUT2D eigenvalue weighted by atomic mass is 32.2. The van der Waals surface area contributed by atoms with E-state index >= 15 is 0 Å². The molecular weight excluding hydrogens is 332 g/mol. The van der Waals surface area contributed by atoms with Crippen molar-refractivity contribution in [2.24, 2.45) is 0 Å². The van der Waals surface area contributed by atoms with Crippen LogP contribution in [0.5, 0.6) is 0 Å². The summed E-state index contributed by atoms with van der Waals surface area (Å²) >= 11 is 0. The van der Waals surface area contributed by atoms with Gasteiger partial charge in [0.2, 0.25) is 0 Å². The largest absolute Gasteiger partial charge is 0.265 e. The van der Waals surface area contributed by atoms with Gasteiger partial charge in [0.05, 0.1) is 16.7 Å². The van der Waals surface area contributed by atoms with Crippen LogP contribution >= 0.6 is 0 Å². The van der Waals surface area contributed by atoms with Gasteiger partial charge in [0.15, 0.2) is 6.04 Å². The number of benzene rings is 3. The molecule has 0 bridgehead atoms. The van der Waals surface area contributed by atoms with Gasteiger partial charge >= 0.3 is 0 Å². The molecule has 0 spiro atoms. The van der Waals surface area contributed by atoms with Gasteiger partial charge in [-0.2, -0.15) is 5.26 Å². The molecule has 1 heterocycles. The van der Waals surface area contributed by atoms with Gasteiger partial charge in [0, 0.05) is 5.56 Å². The molecular formula is C20H14N2O2S. The normalized spacial score (nSPS) is 15.8. The quantitative estimate of drug-likeness (QED) is 0.701. The molecule has 1 aliphatic rings. The Bertz CT molecular complexity index is 1090. The topological polar surface area (TPSA) is 61.2 Å². The fourth-order valence-electron chi connectivity index (χ4n) is 3.24. The van der Waals surface area contributed by atoms with E-state index in [9.17, 15) is 13.7 Å². The summed E-state index contributed by atoms with van der Waals surface area (Å²) in [5, 5.41) is 9.79. The molecule has 122 valence electrons. The highest BCUT2D eigenvalue weighted by molar-refractivity contribution is 7.92. The molecule has 3 aromatic carbocycles. The molecule has 0 radical (unpaired) electrons. The lowest BCUT2D eigenvalue weighted by Gasteiger charge is -2.35. The lowest BCUT2D eigenvalue weighted by atomic mass is 9.90. The lowest BCUT2D eigenvalue weighted by Crippen LogP contribution is -2.37. The molecule has 3 aromatic rings. The van der Waals surface area contributed by atoms with Gasteiger partial charge in [-0.05, 0) is 29.3 Å². The number of nitriles is 1. The SMILES string of the molecule is N#CC1c2ccccc2-c2ccccc2N1S(=O)(=O)c1ccccc1. The third kappa shape index (κ3) is 2.31. The summed E-state index contributed by atoms with van der Waals surface area (Å²) in [4.78, 5) is 0.171. The summed E-state index contributed by atoms with van der Waals surface area (Å²) < 4.78 is 27.8. The minimum absolute atomic E-state index is 0.171. The molecule has 0 N–H and O–H groups in total. The van der Waals surface area contributed by atoms with Gasteiger partial charge in [0.1, 0.15) is 0 Å². The minimum Gasteiger partial charge on any atom is -0.244 e. The van der Waals surface area contributed by atoms with Crippen LogP contribution in [-0.4, -0.2) is 8.42 Å². The van der Waals surface area contributed by atoms with Gasteiger partial charge in [-0.15, -0.1) is 0 Å².